The Morgan fingerprint density at radius 3 is 2.67 bits per heavy atom. The van der Waals surface area contributed by atoms with Crippen LogP contribution >= 0.6 is 0 Å². The Hall–Kier alpha value is -1.10. The molecule has 4 heteroatoms. The molecule has 1 fully saturated rings. The molecule has 0 radical (unpaired) electrons. The molecule has 2 unspecified atom stereocenters. The first-order chi connectivity index (χ1) is 7.28. The van der Waals surface area contributed by atoms with Gasteiger partial charge in [-0.2, -0.15) is 0 Å². The topological polar surface area (TPSA) is 64.7 Å². The van der Waals surface area contributed by atoms with Gasteiger partial charge < -0.3 is 20.3 Å². The summed E-state index contributed by atoms with van der Waals surface area (Å²) in [6.45, 7) is 1.06. The van der Waals surface area contributed by atoms with Gasteiger partial charge in [-0.1, -0.05) is 12.1 Å². The minimum Gasteiger partial charge on any atom is -0.508 e. The Labute approximate surface area is 88.6 Å². The highest BCUT2D eigenvalue weighted by Crippen LogP contribution is 2.17. The Balaban J connectivity index is 1.90. The van der Waals surface area contributed by atoms with E-state index in [1.165, 1.54) is 0 Å². The Bertz CT molecular complexity index is 312. The third-order valence-corrected chi connectivity index (χ3v) is 2.41. The maximum absolute atomic E-state index is 9.12. The van der Waals surface area contributed by atoms with Crippen LogP contribution in [0.3, 0.4) is 0 Å². The van der Waals surface area contributed by atoms with Crippen molar-refractivity contribution >= 4 is 0 Å². The molecule has 0 spiro atoms. The van der Waals surface area contributed by atoms with Crippen molar-refractivity contribution < 1.29 is 14.6 Å². The van der Waals surface area contributed by atoms with Gasteiger partial charge >= 0.3 is 0 Å². The van der Waals surface area contributed by atoms with Crippen LogP contribution in [0.5, 0.6) is 5.75 Å². The van der Waals surface area contributed by atoms with Crippen molar-refractivity contribution in [3.05, 3.63) is 29.8 Å². The van der Waals surface area contributed by atoms with Crippen molar-refractivity contribution in [3.63, 3.8) is 0 Å². The summed E-state index contributed by atoms with van der Waals surface area (Å²) >= 11 is 0. The van der Waals surface area contributed by atoms with Gasteiger partial charge in [0.15, 0.2) is 6.29 Å². The van der Waals surface area contributed by atoms with Crippen LogP contribution in [0.15, 0.2) is 24.3 Å². The summed E-state index contributed by atoms with van der Waals surface area (Å²) in [7, 11) is 0. The molecule has 0 bridgehead atoms. The zero-order valence-electron chi connectivity index (χ0n) is 8.43. The molecule has 1 aliphatic heterocycles. The third kappa shape index (κ3) is 2.68. The average Bonchev–Trinajstić information content (AvgIpc) is 2.69. The molecular weight excluding hydrogens is 194 g/mol. The van der Waals surface area contributed by atoms with Gasteiger partial charge in [-0.25, -0.2) is 0 Å². The second-order valence-electron chi connectivity index (χ2n) is 3.63. The van der Waals surface area contributed by atoms with Gasteiger partial charge in [-0.05, 0) is 17.7 Å². The molecule has 15 heavy (non-hydrogen) atoms. The molecule has 3 N–H and O–H groups in total. The highest BCUT2D eigenvalue weighted by molar-refractivity contribution is 5.26. The number of hydrogen-bond donors (Lipinski definition) is 2. The van der Waals surface area contributed by atoms with E-state index in [2.05, 4.69) is 0 Å². The lowest BCUT2D eigenvalue weighted by Crippen LogP contribution is -2.23. The lowest BCUT2D eigenvalue weighted by atomic mass is 10.1. The van der Waals surface area contributed by atoms with E-state index in [0.717, 1.165) is 5.56 Å². The van der Waals surface area contributed by atoms with Crippen LogP contribution in [-0.4, -0.2) is 30.7 Å². The molecule has 4 nitrogen and oxygen atoms in total. The second kappa shape index (κ2) is 4.61. The zero-order valence-corrected chi connectivity index (χ0v) is 8.43. The van der Waals surface area contributed by atoms with E-state index in [-0.39, 0.29) is 18.1 Å². The summed E-state index contributed by atoms with van der Waals surface area (Å²) in [5, 5.41) is 9.12. The van der Waals surface area contributed by atoms with Crippen LogP contribution in [0.2, 0.25) is 0 Å². The molecule has 2 atom stereocenters. The van der Waals surface area contributed by atoms with Crippen molar-refractivity contribution in [1.29, 1.82) is 0 Å². The van der Waals surface area contributed by atoms with E-state index in [1.807, 2.05) is 12.1 Å². The van der Waals surface area contributed by atoms with Crippen LogP contribution in [-0.2, 0) is 15.9 Å². The first-order valence-electron chi connectivity index (χ1n) is 5.03. The van der Waals surface area contributed by atoms with Gasteiger partial charge in [0.25, 0.3) is 0 Å². The Kier molecular flexibility index (Phi) is 3.20. The predicted molar refractivity (Wildman–Crippen MR) is 55.5 cm³/mol. The van der Waals surface area contributed by atoms with Crippen LogP contribution in [0.4, 0.5) is 0 Å². The van der Waals surface area contributed by atoms with Crippen molar-refractivity contribution in [2.24, 2.45) is 5.73 Å². The van der Waals surface area contributed by atoms with Gasteiger partial charge in [-0.15, -0.1) is 0 Å². The third-order valence-electron chi connectivity index (χ3n) is 2.41. The maximum Gasteiger partial charge on any atom is 0.162 e. The monoisotopic (exact) mass is 209 g/mol. The standard InChI is InChI=1S/C11H15NO3/c12-6-10-7-14-11(15-10)5-8-1-3-9(13)4-2-8/h1-4,10-11,13H,5-7,12H2. The molecule has 0 aliphatic carbocycles. The smallest absolute Gasteiger partial charge is 0.162 e. The summed E-state index contributed by atoms with van der Waals surface area (Å²) in [5.41, 5.74) is 6.55. The van der Waals surface area contributed by atoms with E-state index in [4.69, 9.17) is 20.3 Å². The molecule has 0 amide bonds. The fraction of sp³-hybridized carbons (Fsp3) is 0.455. The Morgan fingerprint density at radius 1 is 1.33 bits per heavy atom. The summed E-state index contributed by atoms with van der Waals surface area (Å²) in [5.74, 6) is 0.270. The molecule has 1 heterocycles. The molecular formula is C11H15NO3. The molecule has 1 aromatic rings. The van der Waals surface area contributed by atoms with Crippen LogP contribution < -0.4 is 5.73 Å². The van der Waals surface area contributed by atoms with E-state index in [0.29, 0.717) is 19.6 Å². The molecule has 1 aromatic carbocycles. The molecule has 1 aliphatic rings. The van der Waals surface area contributed by atoms with Crippen molar-refractivity contribution in [1.82, 2.24) is 0 Å². The predicted octanol–water partition coefficient (Wildman–Crippen LogP) is 0.635. The van der Waals surface area contributed by atoms with E-state index >= 15 is 0 Å². The molecule has 1 saturated heterocycles. The van der Waals surface area contributed by atoms with Crippen molar-refractivity contribution in [2.75, 3.05) is 13.2 Å². The van der Waals surface area contributed by atoms with E-state index in [9.17, 15) is 0 Å². The lowest BCUT2D eigenvalue weighted by Gasteiger charge is -2.10. The lowest BCUT2D eigenvalue weighted by molar-refractivity contribution is -0.0541. The number of phenolic OH excluding ortho intramolecular Hbond substituents is 1. The highest BCUT2D eigenvalue weighted by Gasteiger charge is 2.24. The minimum absolute atomic E-state index is 0.0205. The maximum atomic E-state index is 9.12. The van der Waals surface area contributed by atoms with Gasteiger partial charge in [0.1, 0.15) is 5.75 Å². The minimum atomic E-state index is -0.205. The number of aromatic hydroxyl groups is 1. The number of benzene rings is 1. The normalized spacial score (nSPS) is 25.7. The number of phenols is 1. The summed E-state index contributed by atoms with van der Waals surface area (Å²) in [6.07, 6.45) is 0.506. The molecule has 0 saturated carbocycles. The zero-order chi connectivity index (χ0) is 10.7. The van der Waals surface area contributed by atoms with Crippen molar-refractivity contribution in [3.8, 4) is 5.75 Å². The van der Waals surface area contributed by atoms with Gasteiger partial charge in [-0.3, -0.25) is 0 Å². The quantitative estimate of drug-likeness (QED) is 0.766. The molecule has 2 rings (SSSR count). The first-order valence-corrected chi connectivity index (χ1v) is 5.03. The van der Waals surface area contributed by atoms with Gasteiger partial charge in [0, 0.05) is 13.0 Å². The van der Waals surface area contributed by atoms with Crippen LogP contribution in [0, 0.1) is 0 Å². The summed E-state index contributed by atoms with van der Waals surface area (Å²) in [6, 6.07) is 7.03. The number of ether oxygens (including phenoxy) is 2. The SMILES string of the molecule is NCC1COC(Cc2ccc(O)cc2)O1. The van der Waals surface area contributed by atoms with Gasteiger partial charge in [0.2, 0.25) is 0 Å². The fourth-order valence-corrected chi connectivity index (χ4v) is 1.56. The first kappa shape index (κ1) is 10.4. The largest absolute Gasteiger partial charge is 0.508 e. The highest BCUT2D eigenvalue weighted by atomic mass is 16.7. The Morgan fingerprint density at radius 2 is 2.07 bits per heavy atom. The van der Waals surface area contributed by atoms with Crippen LogP contribution in [0.1, 0.15) is 5.56 Å². The van der Waals surface area contributed by atoms with E-state index in [1.54, 1.807) is 12.1 Å². The van der Waals surface area contributed by atoms with Gasteiger partial charge in [0.05, 0.1) is 12.7 Å². The summed E-state index contributed by atoms with van der Waals surface area (Å²) in [4.78, 5) is 0. The van der Waals surface area contributed by atoms with Crippen LogP contribution in [0.25, 0.3) is 0 Å². The van der Waals surface area contributed by atoms with E-state index < -0.39 is 0 Å². The number of nitrogens with two attached hydrogens (primary N) is 1. The molecule has 0 aromatic heterocycles. The average molecular weight is 209 g/mol. The molecule has 82 valence electrons. The fourth-order valence-electron chi connectivity index (χ4n) is 1.56. The summed E-state index contributed by atoms with van der Waals surface area (Å²) < 4.78 is 11.0. The number of hydrogen-bond acceptors (Lipinski definition) is 4. The van der Waals surface area contributed by atoms with Crippen molar-refractivity contribution in [2.45, 2.75) is 18.8 Å². The number of rotatable bonds is 3. The second-order valence-corrected chi connectivity index (χ2v) is 3.63.